The molecule has 1 atom stereocenters. The number of benzene rings is 4. The molecular formula is C29H26. The molecule has 0 fully saturated rings. The molecule has 0 nitrogen and oxygen atoms in total. The van der Waals surface area contributed by atoms with Gasteiger partial charge in [0.1, 0.15) is 0 Å². The summed E-state index contributed by atoms with van der Waals surface area (Å²) < 4.78 is 0. The number of hydrogen-bond donors (Lipinski definition) is 0. The van der Waals surface area contributed by atoms with Crippen molar-refractivity contribution in [3.05, 3.63) is 131 Å². The minimum absolute atomic E-state index is 0.275. The molecule has 0 bridgehead atoms. The summed E-state index contributed by atoms with van der Waals surface area (Å²) in [5.74, 6) is 0.566. The van der Waals surface area contributed by atoms with Gasteiger partial charge >= 0.3 is 0 Å². The summed E-state index contributed by atoms with van der Waals surface area (Å²) in [6, 6.07) is 38.1. The van der Waals surface area contributed by atoms with Crippen LogP contribution in [0.25, 0.3) is 11.1 Å². The second kappa shape index (κ2) is 7.04. The highest BCUT2D eigenvalue weighted by Gasteiger charge is 2.45. The predicted molar refractivity (Wildman–Crippen MR) is 122 cm³/mol. The summed E-state index contributed by atoms with van der Waals surface area (Å²) in [6.45, 7) is 4.59. The predicted octanol–water partition coefficient (Wildman–Crippen LogP) is 7.56. The van der Waals surface area contributed by atoms with Crippen molar-refractivity contribution in [1.29, 1.82) is 0 Å². The maximum atomic E-state index is 2.44. The average molecular weight is 375 g/mol. The average Bonchev–Trinajstić information content (AvgIpc) is 3.10. The van der Waals surface area contributed by atoms with E-state index < -0.39 is 0 Å². The zero-order valence-corrected chi connectivity index (χ0v) is 17.1. The van der Waals surface area contributed by atoms with Crippen molar-refractivity contribution < 1.29 is 0 Å². The van der Waals surface area contributed by atoms with Gasteiger partial charge in [0.15, 0.2) is 0 Å². The SMILES string of the molecule is CCC(C)c1ccc2c(c1)-c1ccccc1C2(c1ccccc1)c1ccccc1. The second-order valence-electron chi connectivity index (χ2n) is 8.14. The first-order chi connectivity index (χ1) is 14.3. The first kappa shape index (κ1) is 17.9. The fourth-order valence-corrected chi connectivity index (χ4v) is 5.01. The van der Waals surface area contributed by atoms with E-state index in [9.17, 15) is 0 Å². The Balaban J connectivity index is 1.90. The van der Waals surface area contributed by atoms with Crippen LogP contribution >= 0.6 is 0 Å². The van der Waals surface area contributed by atoms with Crippen molar-refractivity contribution in [3.8, 4) is 11.1 Å². The fraction of sp³-hybridized carbons (Fsp3) is 0.172. The van der Waals surface area contributed by atoms with Crippen molar-refractivity contribution in [1.82, 2.24) is 0 Å². The van der Waals surface area contributed by atoms with Gasteiger partial charge in [-0.05, 0) is 51.3 Å². The molecule has 0 amide bonds. The van der Waals surface area contributed by atoms with Gasteiger partial charge in [-0.2, -0.15) is 0 Å². The number of rotatable bonds is 4. The molecule has 1 aliphatic carbocycles. The van der Waals surface area contributed by atoms with Gasteiger partial charge in [-0.1, -0.05) is 117 Å². The van der Waals surface area contributed by atoms with Crippen LogP contribution in [-0.2, 0) is 5.41 Å². The summed E-state index contributed by atoms with van der Waals surface area (Å²) in [6.07, 6.45) is 1.16. The van der Waals surface area contributed by atoms with Crippen molar-refractivity contribution in [2.24, 2.45) is 0 Å². The summed E-state index contributed by atoms with van der Waals surface area (Å²) >= 11 is 0. The van der Waals surface area contributed by atoms with Crippen LogP contribution in [0.1, 0.15) is 54.0 Å². The molecule has 0 radical (unpaired) electrons. The van der Waals surface area contributed by atoms with Crippen LogP contribution in [0.5, 0.6) is 0 Å². The molecular weight excluding hydrogens is 348 g/mol. The van der Waals surface area contributed by atoms with Gasteiger partial charge in [-0.25, -0.2) is 0 Å². The molecule has 4 aromatic carbocycles. The maximum Gasteiger partial charge on any atom is 0.0713 e. The molecule has 5 rings (SSSR count). The first-order valence-corrected chi connectivity index (χ1v) is 10.6. The van der Waals surface area contributed by atoms with Crippen molar-refractivity contribution in [3.63, 3.8) is 0 Å². The summed E-state index contributed by atoms with van der Waals surface area (Å²) in [5.41, 5.74) is 9.33. The molecule has 0 aliphatic heterocycles. The van der Waals surface area contributed by atoms with Crippen LogP contribution in [0.3, 0.4) is 0 Å². The lowest BCUT2D eigenvalue weighted by molar-refractivity contribution is 0.730. The smallest absolute Gasteiger partial charge is 0.0648 e. The standard InChI is InChI=1S/C29H26/c1-3-21(2)22-18-19-28-26(20-22)25-16-10-11-17-27(25)29(28,23-12-6-4-7-13-23)24-14-8-5-9-15-24/h4-21H,3H2,1-2H3. The van der Waals surface area contributed by atoms with Gasteiger partial charge in [0.2, 0.25) is 0 Å². The van der Waals surface area contributed by atoms with E-state index in [-0.39, 0.29) is 5.41 Å². The summed E-state index contributed by atoms with van der Waals surface area (Å²) in [5, 5.41) is 0. The van der Waals surface area contributed by atoms with E-state index >= 15 is 0 Å². The molecule has 142 valence electrons. The highest BCUT2D eigenvalue weighted by atomic mass is 14.5. The largest absolute Gasteiger partial charge is 0.0713 e. The molecule has 0 spiro atoms. The Morgan fingerprint density at radius 1 is 0.621 bits per heavy atom. The molecule has 1 unspecified atom stereocenters. The Morgan fingerprint density at radius 3 is 1.79 bits per heavy atom. The van der Waals surface area contributed by atoms with Gasteiger partial charge in [-0.15, -0.1) is 0 Å². The lowest BCUT2D eigenvalue weighted by atomic mass is 9.67. The quantitative estimate of drug-likeness (QED) is 0.304. The lowest BCUT2D eigenvalue weighted by Crippen LogP contribution is -2.28. The van der Waals surface area contributed by atoms with Crippen LogP contribution in [0, 0.1) is 0 Å². The third kappa shape index (κ3) is 2.59. The zero-order chi connectivity index (χ0) is 19.8. The van der Waals surface area contributed by atoms with Gasteiger partial charge in [0, 0.05) is 0 Å². The molecule has 0 saturated carbocycles. The topological polar surface area (TPSA) is 0 Å². The van der Waals surface area contributed by atoms with E-state index in [2.05, 4.69) is 117 Å². The Kier molecular flexibility index (Phi) is 4.36. The van der Waals surface area contributed by atoms with Crippen molar-refractivity contribution in [2.45, 2.75) is 31.6 Å². The van der Waals surface area contributed by atoms with Crippen LogP contribution in [0.15, 0.2) is 103 Å². The Labute approximate surface area is 173 Å². The van der Waals surface area contributed by atoms with Gasteiger partial charge in [0.25, 0.3) is 0 Å². The van der Waals surface area contributed by atoms with Gasteiger partial charge < -0.3 is 0 Å². The third-order valence-corrected chi connectivity index (χ3v) is 6.66. The van der Waals surface area contributed by atoms with Gasteiger partial charge in [-0.3, -0.25) is 0 Å². The zero-order valence-electron chi connectivity index (χ0n) is 17.1. The van der Waals surface area contributed by atoms with Crippen molar-refractivity contribution >= 4 is 0 Å². The molecule has 0 heteroatoms. The van der Waals surface area contributed by atoms with E-state index in [0.717, 1.165) is 6.42 Å². The van der Waals surface area contributed by atoms with E-state index in [1.54, 1.807) is 0 Å². The highest BCUT2D eigenvalue weighted by molar-refractivity contribution is 5.86. The van der Waals surface area contributed by atoms with E-state index in [1.807, 2.05) is 0 Å². The third-order valence-electron chi connectivity index (χ3n) is 6.66. The highest BCUT2D eigenvalue weighted by Crippen LogP contribution is 2.56. The van der Waals surface area contributed by atoms with Crippen LogP contribution in [-0.4, -0.2) is 0 Å². The van der Waals surface area contributed by atoms with E-state index in [1.165, 1.54) is 38.9 Å². The Hall–Kier alpha value is -3.12. The first-order valence-electron chi connectivity index (χ1n) is 10.6. The molecule has 0 aromatic heterocycles. The molecule has 0 N–H and O–H groups in total. The lowest BCUT2D eigenvalue weighted by Gasteiger charge is -2.34. The van der Waals surface area contributed by atoms with Crippen LogP contribution < -0.4 is 0 Å². The molecule has 4 aromatic rings. The van der Waals surface area contributed by atoms with Crippen LogP contribution in [0.2, 0.25) is 0 Å². The van der Waals surface area contributed by atoms with Gasteiger partial charge in [0.05, 0.1) is 5.41 Å². The Bertz CT molecular complexity index is 1100. The van der Waals surface area contributed by atoms with E-state index in [4.69, 9.17) is 0 Å². The number of hydrogen-bond acceptors (Lipinski definition) is 0. The maximum absolute atomic E-state index is 2.44. The van der Waals surface area contributed by atoms with Crippen LogP contribution in [0.4, 0.5) is 0 Å². The molecule has 0 saturated heterocycles. The molecule has 1 aliphatic rings. The molecule has 29 heavy (non-hydrogen) atoms. The molecule has 0 heterocycles. The normalized spacial score (nSPS) is 14.8. The monoisotopic (exact) mass is 374 g/mol. The fourth-order valence-electron chi connectivity index (χ4n) is 5.01. The minimum Gasteiger partial charge on any atom is -0.0648 e. The number of fused-ring (bicyclic) bond motifs is 3. The summed E-state index contributed by atoms with van der Waals surface area (Å²) in [4.78, 5) is 0. The van der Waals surface area contributed by atoms with E-state index in [0.29, 0.717) is 5.92 Å². The summed E-state index contributed by atoms with van der Waals surface area (Å²) in [7, 11) is 0. The second-order valence-corrected chi connectivity index (χ2v) is 8.14. The Morgan fingerprint density at radius 2 is 1.17 bits per heavy atom. The minimum atomic E-state index is -0.275. The van der Waals surface area contributed by atoms with Crippen molar-refractivity contribution in [2.75, 3.05) is 0 Å².